The van der Waals surface area contributed by atoms with Crippen molar-refractivity contribution in [1.82, 2.24) is 9.97 Å². The van der Waals surface area contributed by atoms with Crippen LogP contribution in [0.3, 0.4) is 0 Å². The van der Waals surface area contributed by atoms with E-state index in [1.54, 1.807) is 12.4 Å². The summed E-state index contributed by atoms with van der Waals surface area (Å²) in [5, 5.41) is 23.0. The topological polar surface area (TPSA) is 128 Å². The van der Waals surface area contributed by atoms with E-state index in [1.807, 2.05) is 6.92 Å². The second kappa shape index (κ2) is 6.18. The predicted molar refractivity (Wildman–Crippen MR) is 76.5 cm³/mol. The fraction of sp³-hybridized carbons (Fsp3) is 0.0833. The lowest BCUT2D eigenvalue weighted by Crippen LogP contribution is -2.14. The van der Waals surface area contributed by atoms with Crippen LogP contribution in [0.25, 0.3) is 0 Å². The van der Waals surface area contributed by atoms with Gasteiger partial charge in [0.25, 0.3) is 5.69 Å². The highest BCUT2D eigenvalue weighted by atomic mass is 32.2. The van der Waals surface area contributed by atoms with E-state index in [-0.39, 0.29) is 17.1 Å². The van der Waals surface area contributed by atoms with Gasteiger partial charge >= 0.3 is 0 Å². The van der Waals surface area contributed by atoms with Crippen LogP contribution in [0.4, 0.5) is 5.69 Å². The Labute approximate surface area is 123 Å². The first-order valence-electron chi connectivity index (χ1n) is 5.74. The van der Waals surface area contributed by atoms with E-state index in [4.69, 9.17) is 10.9 Å². The molecule has 1 heterocycles. The van der Waals surface area contributed by atoms with Crippen molar-refractivity contribution in [3.05, 3.63) is 51.8 Å². The molecule has 0 radical (unpaired) electrons. The Hall–Kier alpha value is -2.68. The lowest BCUT2D eigenvalue weighted by atomic mass is 10.2. The van der Waals surface area contributed by atoms with Gasteiger partial charge < -0.3 is 10.9 Å². The largest absolute Gasteiger partial charge is 0.409 e. The van der Waals surface area contributed by atoms with Gasteiger partial charge in [0, 0.05) is 35.0 Å². The minimum absolute atomic E-state index is 0.147. The van der Waals surface area contributed by atoms with Crippen molar-refractivity contribution in [3.8, 4) is 0 Å². The number of aryl methyl sites for hydroxylation is 1. The minimum Gasteiger partial charge on any atom is -0.409 e. The number of hydrogen-bond acceptors (Lipinski definition) is 7. The third-order valence-corrected chi connectivity index (χ3v) is 3.49. The van der Waals surface area contributed by atoms with E-state index in [0.717, 1.165) is 5.56 Å². The van der Waals surface area contributed by atoms with E-state index >= 15 is 0 Å². The van der Waals surface area contributed by atoms with Crippen LogP contribution in [-0.2, 0) is 0 Å². The molecule has 1 aromatic carbocycles. The molecule has 0 saturated heterocycles. The van der Waals surface area contributed by atoms with Crippen molar-refractivity contribution in [3.63, 3.8) is 0 Å². The Morgan fingerprint density at radius 3 is 2.67 bits per heavy atom. The van der Waals surface area contributed by atoms with Gasteiger partial charge in [-0.1, -0.05) is 5.16 Å². The summed E-state index contributed by atoms with van der Waals surface area (Å²) in [7, 11) is 0. The van der Waals surface area contributed by atoms with Gasteiger partial charge in [-0.05, 0) is 30.3 Å². The lowest BCUT2D eigenvalue weighted by molar-refractivity contribution is -0.384. The highest BCUT2D eigenvalue weighted by Gasteiger charge is 2.15. The summed E-state index contributed by atoms with van der Waals surface area (Å²) in [6.45, 7) is 1.86. The number of nitrogens with two attached hydrogens (primary N) is 1. The van der Waals surface area contributed by atoms with Crippen LogP contribution in [0.2, 0.25) is 0 Å². The van der Waals surface area contributed by atoms with Crippen molar-refractivity contribution in [2.24, 2.45) is 10.9 Å². The predicted octanol–water partition coefficient (Wildman–Crippen LogP) is 1.94. The van der Waals surface area contributed by atoms with Crippen molar-refractivity contribution >= 4 is 23.3 Å². The summed E-state index contributed by atoms with van der Waals surface area (Å²) in [5.74, 6) is -0.215. The molecule has 9 heteroatoms. The normalized spacial score (nSPS) is 11.4. The van der Waals surface area contributed by atoms with Crippen LogP contribution in [0.15, 0.2) is 45.8 Å². The van der Waals surface area contributed by atoms with E-state index in [2.05, 4.69) is 15.1 Å². The van der Waals surface area contributed by atoms with Crippen LogP contribution in [0.1, 0.15) is 11.1 Å². The molecule has 0 atom stereocenters. The maximum Gasteiger partial charge on any atom is 0.270 e. The van der Waals surface area contributed by atoms with E-state index in [1.165, 1.54) is 30.0 Å². The number of benzene rings is 1. The smallest absolute Gasteiger partial charge is 0.270 e. The van der Waals surface area contributed by atoms with Crippen molar-refractivity contribution < 1.29 is 10.1 Å². The van der Waals surface area contributed by atoms with E-state index < -0.39 is 4.92 Å². The molecule has 0 amide bonds. The number of nitro benzene ring substituents is 1. The molecule has 0 fully saturated rings. The fourth-order valence-electron chi connectivity index (χ4n) is 1.51. The first-order chi connectivity index (χ1) is 10.0. The maximum absolute atomic E-state index is 10.8. The summed E-state index contributed by atoms with van der Waals surface area (Å²) in [6.07, 6.45) is 3.31. The fourth-order valence-corrected chi connectivity index (χ4v) is 2.32. The third-order valence-electron chi connectivity index (χ3n) is 2.52. The first kappa shape index (κ1) is 14.7. The summed E-state index contributed by atoms with van der Waals surface area (Å²) in [5.41, 5.74) is 6.58. The number of nitrogens with zero attached hydrogens (tertiary/aromatic N) is 4. The molecule has 108 valence electrons. The van der Waals surface area contributed by atoms with Gasteiger partial charge in [-0.25, -0.2) is 9.97 Å². The number of non-ortho nitro benzene ring substituents is 1. The summed E-state index contributed by atoms with van der Waals surface area (Å²) in [6, 6.07) is 4.09. The van der Waals surface area contributed by atoms with Crippen LogP contribution in [0.5, 0.6) is 0 Å². The molecular formula is C12H11N5O3S. The van der Waals surface area contributed by atoms with Gasteiger partial charge in [-0.2, -0.15) is 0 Å². The second-order valence-electron chi connectivity index (χ2n) is 4.07. The molecule has 0 aliphatic carbocycles. The van der Waals surface area contributed by atoms with Crippen molar-refractivity contribution in [2.45, 2.75) is 17.0 Å². The zero-order valence-electron chi connectivity index (χ0n) is 10.9. The molecule has 0 aliphatic heterocycles. The number of nitro groups is 1. The van der Waals surface area contributed by atoms with Gasteiger partial charge in [0.05, 0.1) is 4.92 Å². The summed E-state index contributed by atoms with van der Waals surface area (Å²) >= 11 is 1.17. The Kier molecular flexibility index (Phi) is 4.33. The molecule has 0 aliphatic rings. The van der Waals surface area contributed by atoms with Crippen LogP contribution < -0.4 is 5.73 Å². The summed E-state index contributed by atoms with van der Waals surface area (Å²) < 4.78 is 0. The van der Waals surface area contributed by atoms with Crippen LogP contribution >= 0.6 is 11.8 Å². The minimum atomic E-state index is -0.551. The maximum atomic E-state index is 10.8. The number of amidine groups is 1. The molecule has 8 nitrogen and oxygen atoms in total. The van der Waals surface area contributed by atoms with Crippen molar-refractivity contribution in [2.75, 3.05) is 0 Å². The summed E-state index contributed by atoms with van der Waals surface area (Å²) in [4.78, 5) is 19.1. The molecule has 2 rings (SSSR count). The quantitative estimate of drug-likeness (QED) is 0.220. The average molecular weight is 305 g/mol. The zero-order valence-corrected chi connectivity index (χ0v) is 11.7. The van der Waals surface area contributed by atoms with E-state index in [0.29, 0.717) is 10.1 Å². The molecule has 1 aromatic heterocycles. The second-order valence-corrected chi connectivity index (χ2v) is 5.08. The number of hydrogen-bond donors (Lipinski definition) is 2. The molecule has 3 N–H and O–H groups in total. The highest BCUT2D eigenvalue weighted by Crippen LogP contribution is 2.30. The van der Waals surface area contributed by atoms with Crippen LogP contribution in [0, 0.1) is 17.0 Å². The average Bonchev–Trinajstić information content (AvgIpc) is 2.49. The molecule has 0 spiro atoms. The van der Waals surface area contributed by atoms with Gasteiger partial charge in [-0.3, -0.25) is 10.1 Å². The van der Waals surface area contributed by atoms with Crippen LogP contribution in [-0.4, -0.2) is 25.9 Å². The molecule has 21 heavy (non-hydrogen) atoms. The molecule has 0 saturated carbocycles. The van der Waals surface area contributed by atoms with Crippen molar-refractivity contribution in [1.29, 1.82) is 0 Å². The third kappa shape index (κ3) is 3.45. The highest BCUT2D eigenvalue weighted by molar-refractivity contribution is 7.99. The van der Waals surface area contributed by atoms with Gasteiger partial charge in [0.2, 0.25) is 0 Å². The number of oxime groups is 1. The lowest BCUT2D eigenvalue weighted by Gasteiger charge is -2.07. The Balaban J connectivity index is 2.42. The number of rotatable bonds is 4. The SMILES string of the molecule is Cc1cnc(Sc2ccc([N+](=O)[O-])cc2C(N)=NO)nc1. The number of aromatic nitrogens is 2. The Morgan fingerprint density at radius 2 is 2.10 bits per heavy atom. The zero-order chi connectivity index (χ0) is 15.4. The first-order valence-corrected chi connectivity index (χ1v) is 6.55. The molecule has 0 unspecified atom stereocenters. The van der Waals surface area contributed by atoms with Gasteiger partial charge in [0.1, 0.15) is 0 Å². The standard InChI is InChI=1S/C12H11N5O3S/c1-7-5-14-12(15-6-7)21-10-3-2-8(17(19)20)4-9(10)11(13)16-18/h2-6,18H,1H3,(H2,13,16). The molecule has 2 aromatic rings. The monoisotopic (exact) mass is 305 g/mol. The van der Waals surface area contributed by atoms with Gasteiger partial charge in [0.15, 0.2) is 11.0 Å². The van der Waals surface area contributed by atoms with Gasteiger partial charge in [-0.15, -0.1) is 0 Å². The molecule has 0 bridgehead atoms. The van der Waals surface area contributed by atoms with E-state index in [9.17, 15) is 10.1 Å². The Morgan fingerprint density at radius 1 is 1.43 bits per heavy atom. The molecular weight excluding hydrogens is 294 g/mol. The Bertz CT molecular complexity index is 703.